The van der Waals surface area contributed by atoms with Crippen molar-refractivity contribution < 1.29 is 17.6 Å². The number of hydrogen-bond donors (Lipinski definition) is 2. The second kappa shape index (κ2) is 9.93. The van der Waals surface area contributed by atoms with Gasteiger partial charge in [0.25, 0.3) is 15.9 Å². The number of rotatable bonds is 8. The predicted octanol–water partition coefficient (Wildman–Crippen LogP) is 3.97. The molecule has 2 N–H and O–H groups in total. The molecule has 6 nitrogen and oxygen atoms in total. The van der Waals surface area contributed by atoms with Crippen molar-refractivity contribution in [3.05, 3.63) is 95.3 Å². The van der Waals surface area contributed by atoms with E-state index in [1.165, 1.54) is 42.5 Å². The molecule has 0 saturated heterocycles. The van der Waals surface area contributed by atoms with Crippen molar-refractivity contribution in [2.75, 3.05) is 25.4 Å². The van der Waals surface area contributed by atoms with Crippen LogP contribution in [0.5, 0.6) is 0 Å². The van der Waals surface area contributed by atoms with Gasteiger partial charge in [0, 0.05) is 12.1 Å². The van der Waals surface area contributed by atoms with E-state index in [0.717, 1.165) is 17.2 Å². The second-order valence-electron chi connectivity index (χ2n) is 7.71. The van der Waals surface area contributed by atoms with Crippen LogP contribution in [0.3, 0.4) is 0 Å². The third kappa shape index (κ3) is 5.72. The molecule has 3 aromatic rings. The van der Waals surface area contributed by atoms with Crippen molar-refractivity contribution >= 4 is 21.6 Å². The van der Waals surface area contributed by atoms with E-state index < -0.39 is 21.7 Å². The third-order valence-corrected chi connectivity index (χ3v) is 6.43. The number of hydrogen-bond acceptors (Lipinski definition) is 4. The lowest BCUT2D eigenvalue weighted by molar-refractivity contribution is 0.0941. The van der Waals surface area contributed by atoms with Crippen molar-refractivity contribution in [1.82, 2.24) is 10.2 Å². The summed E-state index contributed by atoms with van der Waals surface area (Å²) >= 11 is 0. The first-order valence-electron chi connectivity index (χ1n) is 10.1. The summed E-state index contributed by atoms with van der Waals surface area (Å²) in [6, 6.07) is 19.2. The number of amides is 1. The Morgan fingerprint density at radius 2 is 1.69 bits per heavy atom. The van der Waals surface area contributed by atoms with Crippen molar-refractivity contribution in [1.29, 1.82) is 0 Å². The van der Waals surface area contributed by atoms with Gasteiger partial charge in [-0.2, -0.15) is 0 Å². The van der Waals surface area contributed by atoms with Crippen molar-refractivity contribution in [2.45, 2.75) is 17.9 Å². The fourth-order valence-electron chi connectivity index (χ4n) is 3.23. The predicted molar refractivity (Wildman–Crippen MR) is 124 cm³/mol. The van der Waals surface area contributed by atoms with Crippen LogP contribution < -0.4 is 10.0 Å². The number of para-hydroxylation sites is 1. The topological polar surface area (TPSA) is 78.5 Å². The van der Waals surface area contributed by atoms with E-state index in [1.807, 2.05) is 50.2 Å². The number of halogens is 1. The number of likely N-dealkylation sites (N-methyl/N-ethyl adjacent to an activating group) is 1. The number of anilines is 1. The maximum atomic E-state index is 13.9. The largest absolute Gasteiger partial charge is 0.350 e. The monoisotopic (exact) mass is 455 g/mol. The van der Waals surface area contributed by atoms with Gasteiger partial charge in [-0.1, -0.05) is 48.0 Å². The van der Waals surface area contributed by atoms with E-state index >= 15 is 0 Å². The quantitative estimate of drug-likeness (QED) is 0.539. The Morgan fingerprint density at radius 3 is 2.34 bits per heavy atom. The first-order valence-corrected chi connectivity index (χ1v) is 11.5. The fraction of sp³-hybridized carbons (Fsp3) is 0.208. The third-order valence-electron chi connectivity index (χ3n) is 5.07. The summed E-state index contributed by atoms with van der Waals surface area (Å²) in [5, 5.41) is 2.88. The summed E-state index contributed by atoms with van der Waals surface area (Å²) in [5.41, 5.74) is 2.25. The molecule has 3 rings (SSSR count). The van der Waals surface area contributed by atoms with E-state index in [2.05, 4.69) is 10.0 Å². The summed E-state index contributed by atoms with van der Waals surface area (Å²) in [6.45, 7) is 2.36. The summed E-state index contributed by atoms with van der Waals surface area (Å²) in [4.78, 5) is 14.6. The lowest BCUT2D eigenvalue weighted by Gasteiger charge is -2.25. The average molecular weight is 456 g/mol. The molecule has 0 aliphatic carbocycles. The van der Waals surface area contributed by atoms with Crippen LogP contribution in [0.4, 0.5) is 10.1 Å². The van der Waals surface area contributed by atoms with Gasteiger partial charge in [0.05, 0.1) is 16.6 Å². The van der Waals surface area contributed by atoms with Gasteiger partial charge in [0.15, 0.2) is 0 Å². The molecule has 0 saturated carbocycles. The molecule has 0 spiro atoms. The smallest absolute Gasteiger partial charge is 0.262 e. The maximum absolute atomic E-state index is 13.9. The first-order chi connectivity index (χ1) is 15.2. The SMILES string of the molecule is Cc1ccc(C(CNC(=O)c2cccc(S(=O)(=O)Nc3ccccc3F)c2)N(C)C)cc1. The molecule has 32 heavy (non-hydrogen) atoms. The molecule has 0 aliphatic rings. The lowest BCUT2D eigenvalue weighted by atomic mass is 10.0. The molecule has 1 unspecified atom stereocenters. The molecular weight excluding hydrogens is 429 g/mol. The van der Waals surface area contributed by atoms with Gasteiger partial charge in [-0.05, 0) is 56.9 Å². The summed E-state index contributed by atoms with van der Waals surface area (Å²) in [7, 11) is -0.204. The molecule has 1 atom stereocenters. The van der Waals surface area contributed by atoms with Gasteiger partial charge < -0.3 is 10.2 Å². The van der Waals surface area contributed by atoms with Crippen LogP contribution in [-0.4, -0.2) is 39.9 Å². The number of nitrogens with zero attached hydrogens (tertiary/aromatic N) is 1. The summed E-state index contributed by atoms with van der Waals surface area (Å²) in [5.74, 6) is -1.08. The van der Waals surface area contributed by atoms with Gasteiger partial charge in [-0.15, -0.1) is 0 Å². The van der Waals surface area contributed by atoms with E-state index in [0.29, 0.717) is 6.54 Å². The van der Waals surface area contributed by atoms with Gasteiger partial charge in [0.1, 0.15) is 5.82 Å². The molecule has 1 amide bonds. The number of sulfonamides is 1. The number of nitrogens with one attached hydrogen (secondary N) is 2. The Kier molecular flexibility index (Phi) is 7.27. The molecule has 0 aliphatic heterocycles. The van der Waals surface area contributed by atoms with E-state index in [1.54, 1.807) is 0 Å². The molecular formula is C24H26FN3O3S. The van der Waals surface area contributed by atoms with Crippen LogP contribution in [0, 0.1) is 12.7 Å². The van der Waals surface area contributed by atoms with Crippen molar-refractivity contribution in [3.8, 4) is 0 Å². The summed E-state index contributed by atoms with van der Waals surface area (Å²) in [6.07, 6.45) is 0. The second-order valence-corrected chi connectivity index (χ2v) is 9.40. The van der Waals surface area contributed by atoms with Crippen molar-refractivity contribution in [2.24, 2.45) is 0 Å². The van der Waals surface area contributed by atoms with Crippen LogP contribution in [0.2, 0.25) is 0 Å². The van der Waals surface area contributed by atoms with Crippen LogP contribution in [0.15, 0.2) is 77.7 Å². The average Bonchev–Trinajstić information content (AvgIpc) is 2.76. The Labute approximate surface area is 188 Å². The molecule has 8 heteroatoms. The van der Waals surface area contributed by atoms with Crippen molar-refractivity contribution in [3.63, 3.8) is 0 Å². The van der Waals surface area contributed by atoms with Crippen LogP contribution >= 0.6 is 0 Å². The number of carbonyl (C=O) groups is 1. The molecule has 0 aromatic heterocycles. The molecule has 0 fully saturated rings. The van der Waals surface area contributed by atoms with E-state index in [-0.39, 0.29) is 22.2 Å². The highest BCUT2D eigenvalue weighted by Gasteiger charge is 2.19. The number of carbonyl (C=O) groups excluding carboxylic acids is 1. The minimum absolute atomic E-state index is 0.0470. The minimum atomic E-state index is -4.06. The van der Waals surface area contributed by atoms with Gasteiger partial charge >= 0.3 is 0 Å². The Balaban J connectivity index is 1.74. The molecule has 0 radical (unpaired) electrons. The standard InChI is InChI=1S/C24H26FN3O3S/c1-17-11-13-18(14-12-17)23(28(2)3)16-26-24(29)19-7-6-8-20(15-19)32(30,31)27-22-10-5-4-9-21(22)25/h4-15,23,27H,16H2,1-3H3,(H,26,29). The Hall–Kier alpha value is -3.23. The van der Waals surface area contributed by atoms with Crippen LogP contribution in [0.1, 0.15) is 27.5 Å². The van der Waals surface area contributed by atoms with Crippen LogP contribution in [0.25, 0.3) is 0 Å². The number of aryl methyl sites for hydroxylation is 1. The Bertz CT molecular complexity index is 1200. The Morgan fingerprint density at radius 1 is 1.00 bits per heavy atom. The zero-order chi connectivity index (χ0) is 23.3. The highest BCUT2D eigenvalue weighted by atomic mass is 32.2. The maximum Gasteiger partial charge on any atom is 0.262 e. The highest BCUT2D eigenvalue weighted by molar-refractivity contribution is 7.92. The van der Waals surface area contributed by atoms with Gasteiger partial charge in [0.2, 0.25) is 0 Å². The zero-order valence-corrected chi connectivity index (χ0v) is 19.0. The fourth-order valence-corrected chi connectivity index (χ4v) is 4.34. The van der Waals surface area contributed by atoms with E-state index in [9.17, 15) is 17.6 Å². The van der Waals surface area contributed by atoms with Gasteiger partial charge in [-0.25, -0.2) is 12.8 Å². The lowest BCUT2D eigenvalue weighted by Crippen LogP contribution is -2.34. The minimum Gasteiger partial charge on any atom is -0.350 e. The van der Waals surface area contributed by atoms with Crippen LogP contribution in [-0.2, 0) is 10.0 Å². The molecule has 0 heterocycles. The first kappa shape index (κ1) is 23.4. The molecule has 0 bridgehead atoms. The zero-order valence-electron chi connectivity index (χ0n) is 18.2. The molecule has 168 valence electrons. The highest BCUT2D eigenvalue weighted by Crippen LogP contribution is 2.21. The normalized spacial score (nSPS) is 12.4. The van der Waals surface area contributed by atoms with Gasteiger partial charge in [-0.3, -0.25) is 9.52 Å². The summed E-state index contributed by atoms with van der Waals surface area (Å²) < 4.78 is 41.4. The number of benzene rings is 3. The van der Waals surface area contributed by atoms with E-state index in [4.69, 9.17) is 0 Å². The molecule has 3 aromatic carbocycles.